The van der Waals surface area contributed by atoms with Crippen molar-refractivity contribution < 1.29 is 23.8 Å². The normalized spacial score (nSPS) is 10.9. The summed E-state index contributed by atoms with van der Waals surface area (Å²) in [5.74, 6) is -2.03. The van der Waals surface area contributed by atoms with E-state index < -0.39 is 17.8 Å². The second kappa shape index (κ2) is 12.6. The van der Waals surface area contributed by atoms with Gasteiger partial charge in [0.05, 0.1) is 0 Å². The molecule has 0 radical (unpaired) electrons. The third-order valence-electron chi connectivity index (χ3n) is 4.61. The Kier molecular flexibility index (Phi) is 10.1. The molecule has 8 nitrogen and oxygen atoms in total. The molecule has 0 aliphatic carbocycles. The van der Waals surface area contributed by atoms with Gasteiger partial charge in [-0.05, 0) is 69.6 Å². The zero-order valence-corrected chi connectivity index (χ0v) is 19.9. The maximum Gasteiger partial charge on any atom is 0.344 e. The Hall–Kier alpha value is -2.43. The number of anilines is 1. The average molecular weight is 487 g/mol. The summed E-state index contributed by atoms with van der Waals surface area (Å²) in [7, 11) is 4.06. The van der Waals surface area contributed by atoms with Crippen LogP contribution in [0.15, 0.2) is 12.1 Å². The predicted molar refractivity (Wildman–Crippen MR) is 124 cm³/mol. The van der Waals surface area contributed by atoms with Gasteiger partial charge in [-0.1, -0.05) is 24.4 Å². The molecule has 3 N–H and O–H groups in total. The van der Waals surface area contributed by atoms with Crippen molar-refractivity contribution in [2.24, 2.45) is 0 Å². The summed E-state index contributed by atoms with van der Waals surface area (Å²) in [6.07, 6.45) is 4.00. The Morgan fingerprint density at radius 1 is 1.25 bits per heavy atom. The van der Waals surface area contributed by atoms with Gasteiger partial charge in [0.2, 0.25) is 5.88 Å². The molecular weight excluding hydrogens is 459 g/mol. The Morgan fingerprint density at radius 3 is 2.66 bits per heavy atom. The minimum atomic E-state index is -1.31. The van der Waals surface area contributed by atoms with Gasteiger partial charge in [0.1, 0.15) is 17.4 Å². The lowest BCUT2D eigenvalue weighted by molar-refractivity contribution is 0.0693. The molecule has 0 aliphatic rings. The molecule has 32 heavy (non-hydrogen) atoms. The van der Waals surface area contributed by atoms with Gasteiger partial charge in [-0.3, -0.25) is 5.32 Å². The number of aromatic nitrogens is 1. The highest BCUT2D eigenvalue weighted by atomic mass is 35.5. The lowest BCUT2D eigenvalue weighted by atomic mass is 10.1. The number of aryl methyl sites for hydroxylation is 1. The van der Waals surface area contributed by atoms with Crippen molar-refractivity contribution in [1.82, 2.24) is 14.6 Å². The number of rotatable bonds is 12. The van der Waals surface area contributed by atoms with Crippen molar-refractivity contribution in [1.29, 1.82) is 0 Å². The Balaban J connectivity index is 1.89. The first-order valence-electron chi connectivity index (χ1n) is 10.2. The topological polar surface area (TPSA) is 104 Å². The quantitative estimate of drug-likeness (QED) is 0.373. The first-order chi connectivity index (χ1) is 15.2. The number of urea groups is 1. The molecule has 11 heteroatoms. The van der Waals surface area contributed by atoms with E-state index in [1.54, 1.807) is 6.92 Å². The van der Waals surface area contributed by atoms with Crippen LogP contribution in [0.3, 0.4) is 0 Å². The molecule has 0 saturated carbocycles. The van der Waals surface area contributed by atoms with Crippen molar-refractivity contribution in [3.05, 3.63) is 39.7 Å². The highest BCUT2D eigenvalue weighted by Crippen LogP contribution is 2.31. The number of amides is 2. The van der Waals surface area contributed by atoms with Crippen molar-refractivity contribution in [3.8, 4) is 5.88 Å². The number of nitrogens with zero attached hydrogens (tertiary/aromatic N) is 2. The molecule has 2 rings (SSSR count). The van der Waals surface area contributed by atoms with Crippen LogP contribution >= 0.6 is 23.1 Å². The number of nitrogens with one attached hydrogen (secondary N) is 2. The van der Waals surface area contributed by atoms with E-state index in [0.717, 1.165) is 43.8 Å². The third kappa shape index (κ3) is 7.92. The number of carbonyl (C=O) groups is 2. The van der Waals surface area contributed by atoms with Gasteiger partial charge >= 0.3 is 12.0 Å². The number of aromatic carboxylic acids is 1. The lowest BCUT2D eigenvalue weighted by Gasteiger charge is -2.09. The predicted octanol–water partition coefficient (Wildman–Crippen LogP) is 4.76. The van der Waals surface area contributed by atoms with Crippen LogP contribution < -0.4 is 15.4 Å². The second-order valence-corrected chi connectivity index (χ2v) is 8.76. The van der Waals surface area contributed by atoms with Crippen molar-refractivity contribution in [3.63, 3.8) is 0 Å². The van der Waals surface area contributed by atoms with Crippen LogP contribution in [0.4, 0.5) is 14.2 Å². The van der Waals surface area contributed by atoms with Crippen LogP contribution in [0.2, 0.25) is 5.02 Å². The van der Waals surface area contributed by atoms with Gasteiger partial charge in [-0.2, -0.15) is 4.37 Å². The van der Waals surface area contributed by atoms with E-state index in [2.05, 4.69) is 19.9 Å². The van der Waals surface area contributed by atoms with Crippen molar-refractivity contribution >= 4 is 40.1 Å². The zero-order chi connectivity index (χ0) is 23.7. The summed E-state index contributed by atoms with van der Waals surface area (Å²) >= 11 is 6.79. The van der Waals surface area contributed by atoms with Crippen molar-refractivity contribution in [2.45, 2.75) is 39.2 Å². The summed E-state index contributed by atoms with van der Waals surface area (Å²) in [6.45, 7) is 2.93. The molecule has 0 bridgehead atoms. The number of hydrogen-bond donors (Lipinski definition) is 3. The number of hydrogen-bond acceptors (Lipinski definition) is 6. The first kappa shape index (κ1) is 25.8. The molecule has 0 fully saturated rings. The molecule has 0 spiro atoms. The van der Waals surface area contributed by atoms with Gasteiger partial charge < -0.3 is 20.1 Å². The van der Waals surface area contributed by atoms with Gasteiger partial charge in [0, 0.05) is 17.1 Å². The van der Waals surface area contributed by atoms with Gasteiger partial charge in [0.25, 0.3) is 0 Å². The first-order valence-corrected chi connectivity index (χ1v) is 11.3. The van der Waals surface area contributed by atoms with E-state index >= 15 is 0 Å². The molecule has 2 aromatic rings. The summed E-state index contributed by atoms with van der Waals surface area (Å²) in [6, 6.07) is 2.18. The molecule has 1 aromatic carbocycles. The largest absolute Gasteiger partial charge is 0.477 e. The number of ether oxygens (including phenoxy) is 1. The number of unbranched alkanes of at least 4 members (excludes halogenated alkanes) is 3. The Morgan fingerprint density at radius 2 is 1.97 bits per heavy atom. The maximum atomic E-state index is 14.1. The van der Waals surface area contributed by atoms with Crippen LogP contribution in [0.1, 0.15) is 47.2 Å². The molecule has 2 amide bonds. The van der Waals surface area contributed by atoms with E-state index in [0.29, 0.717) is 17.1 Å². The van der Waals surface area contributed by atoms with Crippen LogP contribution in [-0.4, -0.2) is 53.6 Å². The fraction of sp³-hybridized carbons (Fsp3) is 0.476. The minimum Gasteiger partial charge on any atom is -0.477 e. The van der Waals surface area contributed by atoms with Crippen LogP contribution in [-0.2, 0) is 6.61 Å². The van der Waals surface area contributed by atoms with Crippen LogP contribution in [0, 0.1) is 12.7 Å². The van der Waals surface area contributed by atoms with E-state index in [-0.39, 0.29) is 28.6 Å². The maximum absolute atomic E-state index is 14.1. The molecule has 1 heterocycles. The highest BCUT2D eigenvalue weighted by Gasteiger charge is 2.23. The molecule has 0 unspecified atom stereocenters. The summed E-state index contributed by atoms with van der Waals surface area (Å²) in [5.41, 5.74) is 0.467. The van der Waals surface area contributed by atoms with E-state index in [9.17, 15) is 19.1 Å². The monoisotopic (exact) mass is 486 g/mol. The summed E-state index contributed by atoms with van der Waals surface area (Å²) in [5, 5.41) is 15.1. The number of halogens is 2. The number of carboxylic acids is 1. The fourth-order valence-electron chi connectivity index (χ4n) is 2.85. The molecule has 0 atom stereocenters. The van der Waals surface area contributed by atoms with Gasteiger partial charge in [0.15, 0.2) is 5.56 Å². The number of benzene rings is 1. The van der Waals surface area contributed by atoms with E-state index in [4.69, 9.17) is 16.3 Å². The Labute approximate surface area is 195 Å². The van der Waals surface area contributed by atoms with Gasteiger partial charge in [-0.25, -0.2) is 14.0 Å². The summed E-state index contributed by atoms with van der Waals surface area (Å²) < 4.78 is 23.5. The Bertz CT molecular complexity index is 939. The van der Waals surface area contributed by atoms with E-state index in [1.807, 2.05) is 14.1 Å². The average Bonchev–Trinajstić information content (AvgIpc) is 3.11. The van der Waals surface area contributed by atoms with Crippen LogP contribution in [0.25, 0.3) is 0 Å². The second-order valence-electron chi connectivity index (χ2n) is 7.58. The smallest absolute Gasteiger partial charge is 0.344 e. The fourth-order valence-corrected chi connectivity index (χ4v) is 3.76. The lowest BCUT2D eigenvalue weighted by Crippen LogP contribution is -2.29. The third-order valence-corrected chi connectivity index (χ3v) is 5.76. The molecule has 176 valence electrons. The SMILES string of the molecule is Cc1cc(F)c(COc2nsc(NC(=O)NCCCCCCN(C)C)c2C(=O)O)cc1Cl. The highest BCUT2D eigenvalue weighted by molar-refractivity contribution is 7.11. The molecule has 1 aromatic heterocycles. The van der Waals surface area contributed by atoms with Gasteiger partial charge in [-0.15, -0.1) is 0 Å². The molecule has 0 aliphatic heterocycles. The standard InChI is InChI=1S/C21H28ClFN4O4S/c1-13-10-16(23)14(11-15(13)22)12-31-18-17(20(28)29)19(32-26-18)25-21(30)24-8-6-4-5-7-9-27(2)3/h10-11H,4-9,12H2,1-3H3,(H,28,29)(H2,24,25,30). The molecular formula is C21H28ClFN4O4S. The van der Waals surface area contributed by atoms with E-state index in [1.165, 1.54) is 12.1 Å². The number of carboxylic acid groups (broad SMARTS) is 1. The van der Waals surface area contributed by atoms with Crippen molar-refractivity contribution in [2.75, 3.05) is 32.5 Å². The zero-order valence-electron chi connectivity index (χ0n) is 18.3. The molecule has 0 saturated heterocycles. The number of carbonyl (C=O) groups excluding carboxylic acids is 1. The minimum absolute atomic E-state index is 0.0402. The van der Waals surface area contributed by atoms with Crippen LogP contribution in [0.5, 0.6) is 5.88 Å². The summed E-state index contributed by atoms with van der Waals surface area (Å²) in [4.78, 5) is 25.9.